The number of halogens is 1. The fourth-order valence-electron chi connectivity index (χ4n) is 1.99. The molecule has 1 unspecified atom stereocenters. The van der Waals surface area contributed by atoms with E-state index in [2.05, 4.69) is 53.4 Å². The van der Waals surface area contributed by atoms with E-state index in [1.54, 1.807) is 0 Å². The van der Waals surface area contributed by atoms with Crippen molar-refractivity contribution in [3.8, 4) is 0 Å². The third kappa shape index (κ3) is 2.82. The minimum atomic E-state index is 0.532. The molecule has 1 fully saturated rings. The quantitative estimate of drug-likeness (QED) is 0.875. The van der Waals surface area contributed by atoms with Gasteiger partial charge in [-0.25, -0.2) is 0 Å². The predicted octanol–water partition coefficient (Wildman–Crippen LogP) is 3.82. The van der Waals surface area contributed by atoms with Gasteiger partial charge in [-0.2, -0.15) is 0 Å². The molecule has 2 rings (SSSR count). The minimum absolute atomic E-state index is 0.532. The summed E-state index contributed by atoms with van der Waals surface area (Å²) in [6, 6.07) is 7.19. The molecule has 0 bridgehead atoms. The molecule has 1 nitrogen and oxygen atoms in total. The van der Waals surface area contributed by atoms with Crippen LogP contribution in [0.4, 0.5) is 0 Å². The SMILES string of the molecule is CNC(CC1CC1)c1ccc(Br)c(C)c1. The van der Waals surface area contributed by atoms with Crippen LogP contribution in [0.3, 0.4) is 0 Å². The van der Waals surface area contributed by atoms with Crippen LogP contribution in [-0.4, -0.2) is 7.05 Å². The van der Waals surface area contributed by atoms with E-state index in [9.17, 15) is 0 Å². The van der Waals surface area contributed by atoms with Crippen molar-refractivity contribution in [2.45, 2.75) is 32.2 Å². The molecule has 1 aliphatic carbocycles. The molecule has 0 amide bonds. The normalized spacial score (nSPS) is 17.8. The van der Waals surface area contributed by atoms with Crippen LogP contribution in [-0.2, 0) is 0 Å². The molecular formula is C13H18BrN. The molecular weight excluding hydrogens is 250 g/mol. The average Bonchev–Trinajstić information content (AvgIpc) is 3.02. The zero-order chi connectivity index (χ0) is 10.8. The number of hydrogen-bond donors (Lipinski definition) is 1. The number of benzene rings is 1. The Bertz CT molecular complexity index is 344. The van der Waals surface area contributed by atoms with E-state index in [0.717, 1.165) is 5.92 Å². The molecule has 0 spiro atoms. The molecule has 2 heteroatoms. The highest BCUT2D eigenvalue weighted by Gasteiger charge is 2.25. The molecule has 0 saturated heterocycles. The van der Waals surface area contributed by atoms with Gasteiger partial charge >= 0.3 is 0 Å². The lowest BCUT2D eigenvalue weighted by Crippen LogP contribution is -2.17. The Morgan fingerprint density at radius 2 is 2.20 bits per heavy atom. The molecule has 15 heavy (non-hydrogen) atoms. The minimum Gasteiger partial charge on any atom is -0.313 e. The van der Waals surface area contributed by atoms with Crippen molar-refractivity contribution < 1.29 is 0 Å². The average molecular weight is 268 g/mol. The Labute approximate surface area is 100 Å². The van der Waals surface area contributed by atoms with Crippen molar-refractivity contribution in [2.75, 3.05) is 7.05 Å². The molecule has 0 aromatic heterocycles. The third-order valence-corrected chi connectivity index (χ3v) is 4.09. The van der Waals surface area contributed by atoms with Crippen molar-refractivity contribution >= 4 is 15.9 Å². The molecule has 82 valence electrons. The van der Waals surface area contributed by atoms with E-state index in [0.29, 0.717) is 6.04 Å². The van der Waals surface area contributed by atoms with Gasteiger partial charge < -0.3 is 5.32 Å². The van der Waals surface area contributed by atoms with Crippen molar-refractivity contribution in [1.29, 1.82) is 0 Å². The summed E-state index contributed by atoms with van der Waals surface area (Å²) in [6.45, 7) is 2.15. The molecule has 1 aromatic rings. The van der Waals surface area contributed by atoms with Gasteiger partial charge in [0.15, 0.2) is 0 Å². The Hall–Kier alpha value is -0.340. The third-order valence-electron chi connectivity index (χ3n) is 3.20. The smallest absolute Gasteiger partial charge is 0.0320 e. The summed E-state index contributed by atoms with van der Waals surface area (Å²) >= 11 is 3.54. The second-order valence-corrected chi connectivity index (χ2v) is 5.38. The van der Waals surface area contributed by atoms with Gasteiger partial charge in [0.1, 0.15) is 0 Å². The van der Waals surface area contributed by atoms with Gasteiger partial charge in [0.25, 0.3) is 0 Å². The molecule has 1 atom stereocenters. The summed E-state index contributed by atoms with van der Waals surface area (Å²) in [5, 5.41) is 3.42. The lowest BCUT2D eigenvalue weighted by atomic mass is 10.00. The topological polar surface area (TPSA) is 12.0 Å². The highest BCUT2D eigenvalue weighted by Crippen LogP contribution is 2.37. The van der Waals surface area contributed by atoms with Gasteiger partial charge in [0.05, 0.1) is 0 Å². The molecule has 1 aromatic carbocycles. The first-order valence-corrected chi connectivity index (χ1v) is 6.43. The van der Waals surface area contributed by atoms with Crippen LogP contribution in [0.25, 0.3) is 0 Å². The number of rotatable bonds is 4. The van der Waals surface area contributed by atoms with E-state index >= 15 is 0 Å². The predicted molar refractivity (Wildman–Crippen MR) is 68.0 cm³/mol. The molecule has 0 radical (unpaired) electrons. The van der Waals surface area contributed by atoms with Crippen molar-refractivity contribution in [3.63, 3.8) is 0 Å². The second kappa shape index (κ2) is 4.67. The van der Waals surface area contributed by atoms with Crippen LogP contribution in [0.2, 0.25) is 0 Å². The van der Waals surface area contributed by atoms with Crippen LogP contribution in [0.15, 0.2) is 22.7 Å². The Morgan fingerprint density at radius 1 is 1.47 bits per heavy atom. The standard InChI is InChI=1S/C13H18BrN/c1-9-7-11(5-6-12(9)14)13(15-2)8-10-3-4-10/h5-7,10,13,15H,3-4,8H2,1-2H3. The molecule has 1 saturated carbocycles. The zero-order valence-corrected chi connectivity index (χ0v) is 11.0. The van der Waals surface area contributed by atoms with E-state index in [1.807, 2.05) is 0 Å². The summed E-state index contributed by atoms with van der Waals surface area (Å²) < 4.78 is 1.20. The van der Waals surface area contributed by atoms with Crippen LogP contribution >= 0.6 is 15.9 Å². The zero-order valence-electron chi connectivity index (χ0n) is 9.39. The summed E-state index contributed by atoms with van der Waals surface area (Å²) in [6.07, 6.45) is 4.14. The summed E-state index contributed by atoms with van der Waals surface area (Å²) in [4.78, 5) is 0. The van der Waals surface area contributed by atoms with Crippen LogP contribution in [0.5, 0.6) is 0 Å². The van der Waals surface area contributed by atoms with Crippen molar-refractivity contribution in [2.24, 2.45) is 5.92 Å². The molecule has 0 heterocycles. The summed E-state index contributed by atoms with van der Waals surface area (Å²) in [5.41, 5.74) is 2.74. The number of hydrogen-bond acceptors (Lipinski definition) is 1. The highest BCUT2D eigenvalue weighted by atomic mass is 79.9. The summed E-state index contributed by atoms with van der Waals surface area (Å²) in [5.74, 6) is 0.964. The van der Waals surface area contributed by atoms with Crippen molar-refractivity contribution in [1.82, 2.24) is 5.32 Å². The maximum Gasteiger partial charge on any atom is 0.0320 e. The van der Waals surface area contributed by atoms with Crippen LogP contribution in [0, 0.1) is 12.8 Å². The van der Waals surface area contributed by atoms with Gasteiger partial charge in [-0.15, -0.1) is 0 Å². The number of aryl methyl sites for hydroxylation is 1. The monoisotopic (exact) mass is 267 g/mol. The first-order chi connectivity index (χ1) is 7.20. The highest BCUT2D eigenvalue weighted by molar-refractivity contribution is 9.10. The summed E-state index contributed by atoms with van der Waals surface area (Å²) in [7, 11) is 2.06. The van der Waals surface area contributed by atoms with Crippen molar-refractivity contribution in [3.05, 3.63) is 33.8 Å². The molecule has 1 N–H and O–H groups in total. The van der Waals surface area contributed by atoms with Gasteiger partial charge in [-0.1, -0.05) is 40.9 Å². The fourth-order valence-corrected chi connectivity index (χ4v) is 2.24. The van der Waals surface area contributed by atoms with E-state index < -0.39 is 0 Å². The van der Waals surface area contributed by atoms with Crippen LogP contribution < -0.4 is 5.32 Å². The molecule has 1 aliphatic rings. The Balaban J connectivity index is 2.13. The molecule has 0 aliphatic heterocycles. The van der Waals surface area contributed by atoms with Gasteiger partial charge in [-0.3, -0.25) is 0 Å². The maximum absolute atomic E-state index is 3.54. The van der Waals surface area contributed by atoms with E-state index in [4.69, 9.17) is 0 Å². The first kappa shape index (κ1) is 11.2. The lowest BCUT2D eigenvalue weighted by Gasteiger charge is -2.17. The maximum atomic E-state index is 3.54. The van der Waals surface area contributed by atoms with Gasteiger partial charge in [-0.05, 0) is 43.5 Å². The van der Waals surface area contributed by atoms with Gasteiger partial charge in [0.2, 0.25) is 0 Å². The Morgan fingerprint density at radius 3 is 2.73 bits per heavy atom. The first-order valence-electron chi connectivity index (χ1n) is 5.64. The Kier molecular flexibility index (Phi) is 3.47. The van der Waals surface area contributed by atoms with E-state index in [1.165, 1.54) is 34.9 Å². The van der Waals surface area contributed by atoms with Gasteiger partial charge in [0, 0.05) is 10.5 Å². The number of nitrogens with one attached hydrogen (secondary N) is 1. The van der Waals surface area contributed by atoms with E-state index in [-0.39, 0.29) is 0 Å². The van der Waals surface area contributed by atoms with Crippen LogP contribution in [0.1, 0.15) is 36.4 Å². The fraction of sp³-hybridized carbons (Fsp3) is 0.538. The largest absolute Gasteiger partial charge is 0.313 e. The second-order valence-electron chi connectivity index (χ2n) is 4.53. The lowest BCUT2D eigenvalue weighted by molar-refractivity contribution is 0.514.